The van der Waals surface area contributed by atoms with Gasteiger partial charge in [0.25, 0.3) is 0 Å². The Morgan fingerprint density at radius 2 is 2.40 bits per heavy atom. The lowest BCUT2D eigenvalue weighted by Crippen LogP contribution is -2.57. The fourth-order valence-corrected chi connectivity index (χ4v) is 0.915. The lowest BCUT2D eigenvalue weighted by molar-refractivity contribution is -0.134. The van der Waals surface area contributed by atoms with E-state index < -0.39 is 0 Å². The maximum atomic E-state index is 10.9. The van der Waals surface area contributed by atoms with Gasteiger partial charge in [-0.25, -0.2) is 0 Å². The largest absolute Gasteiger partial charge is 0.339 e. The van der Waals surface area contributed by atoms with Crippen LogP contribution in [0.3, 0.4) is 0 Å². The van der Waals surface area contributed by atoms with Crippen LogP contribution in [-0.2, 0) is 4.79 Å². The molecule has 0 aliphatic carbocycles. The summed E-state index contributed by atoms with van der Waals surface area (Å²) in [4.78, 5) is 12.6. The smallest absolute Gasteiger partial charge is 0.234 e. The molecular weight excluding hydrogens is 128 g/mol. The van der Waals surface area contributed by atoms with E-state index in [1.54, 1.807) is 4.90 Å². The van der Waals surface area contributed by atoms with Crippen LogP contribution in [0, 0.1) is 12.3 Å². The van der Waals surface area contributed by atoms with Crippen LogP contribution >= 0.6 is 0 Å². The highest BCUT2D eigenvalue weighted by Gasteiger charge is 2.26. The van der Waals surface area contributed by atoms with Crippen molar-refractivity contribution in [1.29, 1.82) is 0 Å². The Bertz CT molecular complexity index is 177. The number of nitrogens with two attached hydrogens (primary N) is 1. The first-order chi connectivity index (χ1) is 4.74. The van der Waals surface area contributed by atoms with Crippen LogP contribution in [0.2, 0.25) is 0 Å². The van der Waals surface area contributed by atoms with E-state index in [0.29, 0.717) is 13.1 Å². The summed E-state index contributed by atoms with van der Waals surface area (Å²) in [6.45, 7) is 1.33. The molecule has 1 heterocycles. The Labute approximate surface area is 60.2 Å². The molecule has 3 nitrogen and oxygen atoms in total. The van der Waals surface area contributed by atoms with Gasteiger partial charge < -0.3 is 10.6 Å². The van der Waals surface area contributed by atoms with Gasteiger partial charge in [0, 0.05) is 19.1 Å². The number of hydrogen-bond acceptors (Lipinski definition) is 2. The molecule has 54 valence electrons. The molecule has 0 unspecified atom stereocenters. The van der Waals surface area contributed by atoms with Gasteiger partial charge in [0.15, 0.2) is 0 Å². The number of carbonyl (C=O) groups is 1. The molecule has 1 aliphatic rings. The van der Waals surface area contributed by atoms with Gasteiger partial charge in [-0.1, -0.05) is 5.92 Å². The van der Waals surface area contributed by atoms with Crippen molar-refractivity contribution in [2.45, 2.75) is 12.5 Å². The van der Waals surface area contributed by atoms with Gasteiger partial charge in [0.2, 0.25) is 5.91 Å². The molecule has 0 aromatic rings. The summed E-state index contributed by atoms with van der Waals surface area (Å²) in [7, 11) is 0. The van der Waals surface area contributed by atoms with Crippen molar-refractivity contribution in [1.82, 2.24) is 4.90 Å². The van der Waals surface area contributed by atoms with Crippen LogP contribution in [-0.4, -0.2) is 29.9 Å². The number of carbonyl (C=O) groups excluding carboxylic acids is 1. The molecular formula is C7H10N2O. The summed E-state index contributed by atoms with van der Waals surface area (Å²) in [6.07, 6.45) is 5.15. The first-order valence-corrected chi connectivity index (χ1v) is 3.21. The third-order valence-corrected chi connectivity index (χ3v) is 1.52. The quantitative estimate of drug-likeness (QED) is 0.481. The molecule has 0 saturated carbocycles. The van der Waals surface area contributed by atoms with E-state index in [1.165, 1.54) is 0 Å². The van der Waals surface area contributed by atoms with Crippen LogP contribution in [0.1, 0.15) is 6.42 Å². The summed E-state index contributed by atoms with van der Waals surface area (Å²) in [5.74, 6) is 2.32. The first-order valence-electron chi connectivity index (χ1n) is 3.21. The second kappa shape index (κ2) is 2.72. The highest BCUT2D eigenvalue weighted by atomic mass is 16.2. The zero-order valence-electron chi connectivity index (χ0n) is 5.71. The van der Waals surface area contributed by atoms with E-state index in [0.717, 1.165) is 0 Å². The topological polar surface area (TPSA) is 46.3 Å². The molecule has 3 heteroatoms. The number of likely N-dealkylation sites (tertiary alicyclic amines) is 1. The monoisotopic (exact) mass is 138 g/mol. The number of terminal acetylenes is 1. The van der Waals surface area contributed by atoms with Crippen LogP contribution in [0.15, 0.2) is 0 Å². The summed E-state index contributed by atoms with van der Waals surface area (Å²) in [5.41, 5.74) is 5.46. The first kappa shape index (κ1) is 7.10. The van der Waals surface area contributed by atoms with E-state index in [9.17, 15) is 4.79 Å². The maximum Gasteiger partial charge on any atom is 0.234 e. The average molecular weight is 138 g/mol. The van der Waals surface area contributed by atoms with Crippen LogP contribution in [0.5, 0.6) is 0 Å². The van der Waals surface area contributed by atoms with Gasteiger partial charge in [-0.3, -0.25) is 4.79 Å². The van der Waals surface area contributed by atoms with Crippen LogP contribution in [0.25, 0.3) is 0 Å². The standard InChI is InChI=1S/C7H10N2O/c1-2-3-7(10)9-4-6(8)5-9/h1,6H,3-5,8H2. The zero-order valence-corrected chi connectivity index (χ0v) is 5.71. The normalized spacial score (nSPS) is 17.8. The minimum Gasteiger partial charge on any atom is -0.339 e. The number of nitrogens with zero attached hydrogens (tertiary/aromatic N) is 1. The maximum absolute atomic E-state index is 10.9. The van der Waals surface area contributed by atoms with Gasteiger partial charge >= 0.3 is 0 Å². The molecule has 1 amide bonds. The van der Waals surface area contributed by atoms with Crippen molar-refractivity contribution >= 4 is 5.91 Å². The summed E-state index contributed by atoms with van der Waals surface area (Å²) in [6, 6.07) is 0.168. The molecule has 10 heavy (non-hydrogen) atoms. The predicted molar refractivity (Wildman–Crippen MR) is 38.0 cm³/mol. The second-order valence-corrected chi connectivity index (χ2v) is 2.44. The fraction of sp³-hybridized carbons (Fsp3) is 0.571. The van der Waals surface area contributed by atoms with Crippen LogP contribution < -0.4 is 5.73 Å². The van der Waals surface area contributed by atoms with Crippen molar-refractivity contribution in [3.05, 3.63) is 0 Å². The third-order valence-electron chi connectivity index (χ3n) is 1.52. The zero-order chi connectivity index (χ0) is 7.56. The Hall–Kier alpha value is -1.01. The van der Waals surface area contributed by atoms with Crippen LogP contribution in [0.4, 0.5) is 0 Å². The molecule has 1 saturated heterocycles. The Balaban J connectivity index is 2.26. The molecule has 0 spiro atoms. The minimum atomic E-state index is 0.0178. The molecule has 1 rings (SSSR count). The van der Waals surface area contributed by atoms with E-state index in [1.807, 2.05) is 0 Å². The lowest BCUT2D eigenvalue weighted by Gasteiger charge is -2.36. The van der Waals surface area contributed by atoms with Crippen molar-refractivity contribution in [3.8, 4) is 12.3 Å². The lowest BCUT2D eigenvalue weighted by atomic mass is 10.1. The molecule has 0 bridgehead atoms. The highest BCUT2D eigenvalue weighted by molar-refractivity contribution is 5.79. The SMILES string of the molecule is C#CCC(=O)N1CC(N)C1. The van der Waals surface area contributed by atoms with Gasteiger partial charge in [0.05, 0.1) is 6.42 Å². The van der Waals surface area contributed by atoms with Crippen molar-refractivity contribution in [2.75, 3.05) is 13.1 Å². The van der Waals surface area contributed by atoms with Crippen molar-refractivity contribution in [3.63, 3.8) is 0 Å². The van der Waals surface area contributed by atoms with E-state index >= 15 is 0 Å². The third kappa shape index (κ3) is 1.28. The van der Waals surface area contributed by atoms with Gasteiger partial charge in [-0.05, 0) is 0 Å². The van der Waals surface area contributed by atoms with Gasteiger partial charge in [-0.15, -0.1) is 6.42 Å². The summed E-state index contributed by atoms with van der Waals surface area (Å²) in [5, 5.41) is 0. The molecule has 1 fully saturated rings. The van der Waals surface area contributed by atoms with E-state index in [2.05, 4.69) is 5.92 Å². The predicted octanol–water partition coefficient (Wildman–Crippen LogP) is -0.821. The fourth-order valence-electron chi connectivity index (χ4n) is 0.915. The summed E-state index contributed by atoms with van der Waals surface area (Å²) >= 11 is 0. The second-order valence-electron chi connectivity index (χ2n) is 2.44. The highest BCUT2D eigenvalue weighted by Crippen LogP contribution is 2.06. The molecule has 0 radical (unpaired) electrons. The number of hydrogen-bond donors (Lipinski definition) is 1. The molecule has 1 aliphatic heterocycles. The Kier molecular flexibility index (Phi) is 1.93. The average Bonchev–Trinajstić information content (AvgIpc) is 1.82. The molecule has 2 N–H and O–H groups in total. The summed E-state index contributed by atoms with van der Waals surface area (Å²) < 4.78 is 0. The van der Waals surface area contributed by atoms with Gasteiger partial charge in [-0.2, -0.15) is 0 Å². The molecule has 0 aromatic heterocycles. The van der Waals surface area contributed by atoms with Crippen molar-refractivity contribution < 1.29 is 4.79 Å². The Morgan fingerprint density at radius 1 is 1.80 bits per heavy atom. The van der Waals surface area contributed by atoms with Gasteiger partial charge in [0.1, 0.15) is 0 Å². The molecule has 0 aromatic carbocycles. The van der Waals surface area contributed by atoms with E-state index in [4.69, 9.17) is 12.2 Å². The van der Waals surface area contributed by atoms with E-state index in [-0.39, 0.29) is 18.4 Å². The van der Waals surface area contributed by atoms with Crippen molar-refractivity contribution in [2.24, 2.45) is 5.73 Å². The molecule has 0 atom stereocenters. The number of amides is 1. The Morgan fingerprint density at radius 3 is 2.80 bits per heavy atom. The minimum absolute atomic E-state index is 0.0178. The number of rotatable bonds is 1.